The molecular weight excluding hydrogens is 208 g/mol. The van der Waals surface area contributed by atoms with Gasteiger partial charge in [-0.3, -0.25) is 0 Å². The van der Waals surface area contributed by atoms with Crippen LogP contribution in [0.5, 0.6) is 0 Å². The Kier molecular flexibility index (Phi) is 1.48. The summed E-state index contributed by atoms with van der Waals surface area (Å²) >= 11 is 6.30. The second kappa shape index (κ2) is 2.58. The lowest BCUT2D eigenvalue weighted by atomic mass is 9.61. The number of fused-ring (bicyclic) bond motifs is 8. The standard InChI is InChI=1S/C13H13ClO/c14-9-5-8-10-6-3-1-2-4-7(6)11(10)12(9)13(8)15/h1-4,8-13,15H,5H2/t8-,9+,10+,11+,12+,13-/m0/s1. The van der Waals surface area contributed by atoms with Crippen LogP contribution >= 0.6 is 11.6 Å². The van der Waals surface area contributed by atoms with Crippen LogP contribution in [0.2, 0.25) is 0 Å². The highest BCUT2D eigenvalue weighted by Gasteiger charge is 2.63. The van der Waals surface area contributed by atoms with Gasteiger partial charge in [-0.1, -0.05) is 24.3 Å². The summed E-state index contributed by atoms with van der Waals surface area (Å²) in [4.78, 5) is 0. The third-order valence-electron chi connectivity index (χ3n) is 4.73. The molecule has 3 aliphatic rings. The lowest BCUT2D eigenvalue weighted by molar-refractivity contribution is 0.126. The van der Waals surface area contributed by atoms with E-state index in [4.69, 9.17) is 11.6 Å². The lowest BCUT2D eigenvalue weighted by Crippen LogP contribution is -2.34. The Labute approximate surface area is 94.1 Å². The molecule has 0 amide bonds. The van der Waals surface area contributed by atoms with E-state index in [0.29, 0.717) is 23.7 Å². The average Bonchev–Trinajstić information content (AvgIpc) is 2.61. The SMILES string of the molecule is O[C@H]1[C@H]2C[C@@H](Cl)[C@@H]1[C@@H]1c3ccccc3[C@H]21. The van der Waals surface area contributed by atoms with Gasteiger partial charge >= 0.3 is 0 Å². The van der Waals surface area contributed by atoms with E-state index in [1.54, 1.807) is 0 Å². The van der Waals surface area contributed by atoms with Crippen molar-refractivity contribution in [1.29, 1.82) is 0 Å². The predicted octanol–water partition coefficient (Wildman–Crippen LogP) is 2.49. The third-order valence-corrected chi connectivity index (χ3v) is 5.19. The number of aliphatic hydroxyl groups is 1. The molecule has 0 spiro atoms. The van der Waals surface area contributed by atoms with Crippen molar-refractivity contribution in [2.75, 3.05) is 0 Å². The summed E-state index contributed by atoms with van der Waals surface area (Å²) in [6.07, 6.45) is 0.845. The van der Waals surface area contributed by atoms with E-state index in [2.05, 4.69) is 24.3 Å². The van der Waals surface area contributed by atoms with E-state index in [9.17, 15) is 5.11 Å². The summed E-state index contributed by atoms with van der Waals surface area (Å²) in [6.45, 7) is 0. The molecule has 1 N–H and O–H groups in total. The minimum Gasteiger partial charge on any atom is -0.392 e. The Bertz CT molecular complexity index is 430. The van der Waals surface area contributed by atoms with Crippen LogP contribution in [0.1, 0.15) is 29.4 Å². The zero-order valence-corrected chi connectivity index (χ0v) is 9.06. The molecule has 3 aliphatic carbocycles. The molecule has 0 heterocycles. The van der Waals surface area contributed by atoms with Crippen LogP contribution in [-0.4, -0.2) is 16.6 Å². The monoisotopic (exact) mass is 220 g/mol. The van der Waals surface area contributed by atoms with Gasteiger partial charge in [-0.05, 0) is 35.3 Å². The predicted molar refractivity (Wildman–Crippen MR) is 59.2 cm³/mol. The number of aliphatic hydroxyl groups excluding tert-OH is 1. The van der Waals surface area contributed by atoms with E-state index in [-0.39, 0.29) is 11.5 Å². The molecule has 1 aromatic rings. The summed E-state index contributed by atoms with van der Waals surface area (Å²) in [6, 6.07) is 8.61. The molecule has 0 radical (unpaired) electrons. The Balaban J connectivity index is 1.86. The molecule has 6 atom stereocenters. The molecule has 78 valence electrons. The Morgan fingerprint density at radius 1 is 1.13 bits per heavy atom. The summed E-state index contributed by atoms with van der Waals surface area (Å²) in [5, 5.41) is 10.4. The summed E-state index contributed by atoms with van der Waals surface area (Å²) < 4.78 is 0. The highest BCUT2D eigenvalue weighted by molar-refractivity contribution is 6.21. The van der Waals surface area contributed by atoms with Crippen LogP contribution in [0, 0.1) is 11.8 Å². The van der Waals surface area contributed by atoms with E-state index < -0.39 is 0 Å². The van der Waals surface area contributed by atoms with Gasteiger partial charge in [0.15, 0.2) is 0 Å². The molecular formula is C13H13ClO. The normalized spacial score (nSPS) is 49.7. The van der Waals surface area contributed by atoms with Gasteiger partial charge in [0.25, 0.3) is 0 Å². The quantitative estimate of drug-likeness (QED) is 0.666. The fourth-order valence-corrected chi connectivity index (χ4v) is 4.72. The van der Waals surface area contributed by atoms with Gasteiger partial charge in [-0.15, -0.1) is 11.6 Å². The molecule has 2 saturated carbocycles. The van der Waals surface area contributed by atoms with E-state index in [0.717, 1.165) is 6.42 Å². The summed E-state index contributed by atoms with van der Waals surface area (Å²) in [7, 11) is 0. The maximum Gasteiger partial charge on any atom is 0.0623 e. The van der Waals surface area contributed by atoms with Gasteiger partial charge in [0.2, 0.25) is 0 Å². The number of hydrogen-bond acceptors (Lipinski definition) is 1. The molecule has 2 fully saturated rings. The molecule has 1 nitrogen and oxygen atoms in total. The van der Waals surface area contributed by atoms with E-state index in [1.807, 2.05) is 0 Å². The Morgan fingerprint density at radius 3 is 2.53 bits per heavy atom. The number of benzene rings is 1. The minimum atomic E-state index is -0.158. The highest BCUT2D eigenvalue weighted by atomic mass is 35.5. The molecule has 0 aromatic heterocycles. The van der Waals surface area contributed by atoms with Crippen molar-refractivity contribution in [2.45, 2.75) is 29.7 Å². The van der Waals surface area contributed by atoms with Crippen molar-refractivity contribution >= 4 is 11.6 Å². The summed E-state index contributed by atoms with van der Waals surface area (Å²) in [5.74, 6) is 1.91. The number of halogens is 1. The number of hydrogen-bond donors (Lipinski definition) is 1. The van der Waals surface area contributed by atoms with Crippen molar-refractivity contribution in [2.24, 2.45) is 11.8 Å². The van der Waals surface area contributed by atoms with Gasteiger partial charge in [0, 0.05) is 11.3 Å². The van der Waals surface area contributed by atoms with Crippen LogP contribution in [0.25, 0.3) is 0 Å². The van der Waals surface area contributed by atoms with Crippen molar-refractivity contribution in [3.05, 3.63) is 35.4 Å². The van der Waals surface area contributed by atoms with Gasteiger partial charge in [0.05, 0.1) is 6.10 Å². The Morgan fingerprint density at radius 2 is 1.80 bits per heavy atom. The van der Waals surface area contributed by atoms with Crippen LogP contribution in [-0.2, 0) is 0 Å². The molecule has 0 saturated heterocycles. The van der Waals surface area contributed by atoms with Crippen LogP contribution in [0.3, 0.4) is 0 Å². The van der Waals surface area contributed by atoms with Gasteiger partial charge in [-0.25, -0.2) is 0 Å². The minimum absolute atomic E-state index is 0.158. The van der Waals surface area contributed by atoms with Crippen LogP contribution in [0.15, 0.2) is 24.3 Å². The number of rotatable bonds is 0. The van der Waals surface area contributed by atoms with Crippen molar-refractivity contribution < 1.29 is 5.11 Å². The van der Waals surface area contributed by atoms with E-state index >= 15 is 0 Å². The third kappa shape index (κ3) is 0.821. The highest BCUT2D eigenvalue weighted by Crippen LogP contribution is 2.68. The molecule has 2 bridgehead atoms. The molecule has 0 aliphatic heterocycles. The number of alkyl halides is 1. The second-order valence-electron chi connectivity index (χ2n) is 5.16. The topological polar surface area (TPSA) is 20.2 Å². The molecule has 0 unspecified atom stereocenters. The second-order valence-corrected chi connectivity index (χ2v) is 5.72. The lowest BCUT2D eigenvalue weighted by Gasteiger charge is -2.43. The van der Waals surface area contributed by atoms with Crippen LogP contribution in [0.4, 0.5) is 0 Å². The van der Waals surface area contributed by atoms with E-state index in [1.165, 1.54) is 11.1 Å². The fourth-order valence-electron chi connectivity index (χ4n) is 4.20. The maximum atomic E-state index is 10.2. The zero-order valence-electron chi connectivity index (χ0n) is 8.31. The fraction of sp³-hybridized carbons (Fsp3) is 0.538. The van der Waals surface area contributed by atoms with Crippen molar-refractivity contribution in [1.82, 2.24) is 0 Å². The van der Waals surface area contributed by atoms with Gasteiger partial charge in [0.1, 0.15) is 0 Å². The smallest absolute Gasteiger partial charge is 0.0623 e. The van der Waals surface area contributed by atoms with Gasteiger partial charge in [-0.2, -0.15) is 0 Å². The first-order valence-electron chi connectivity index (χ1n) is 5.70. The average molecular weight is 221 g/mol. The molecule has 1 aromatic carbocycles. The van der Waals surface area contributed by atoms with Crippen molar-refractivity contribution in [3.63, 3.8) is 0 Å². The largest absolute Gasteiger partial charge is 0.392 e. The summed E-state index contributed by atoms with van der Waals surface area (Å²) in [5.41, 5.74) is 2.91. The molecule has 4 rings (SSSR count). The first-order chi connectivity index (χ1) is 7.29. The zero-order chi connectivity index (χ0) is 10.2. The Hall–Kier alpha value is -0.530. The van der Waals surface area contributed by atoms with Gasteiger partial charge < -0.3 is 5.11 Å². The molecule has 15 heavy (non-hydrogen) atoms. The molecule has 2 heteroatoms. The van der Waals surface area contributed by atoms with Crippen LogP contribution < -0.4 is 0 Å². The first-order valence-corrected chi connectivity index (χ1v) is 6.13. The van der Waals surface area contributed by atoms with Crippen molar-refractivity contribution in [3.8, 4) is 0 Å². The first kappa shape index (κ1) is 8.60. The maximum absolute atomic E-state index is 10.2.